The third-order valence-electron chi connectivity index (χ3n) is 6.06. The van der Waals surface area contributed by atoms with E-state index in [1.807, 2.05) is 13.0 Å². The number of unbranched alkanes of at least 4 members (excludes halogenated alkanes) is 4. The molecule has 2 nitrogen and oxygen atoms in total. The Kier molecular flexibility index (Phi) is 8.85. The summed E-state index contributed by atoms with van der Waals surface area (Å²) in [5, 5.41) is 2.33. The Morgan fingerprint density at radius 1 is 0.543 bits per heavy atom. The number of benzene rings is 4. The smallest absolute Gasteiger partial charge is 0.119 e. The van der Waals surface area contributed by atoms with Gasteiger partial charge in [0, 0.05) is 11.1 Å². The highest BCUT2D eigenvalue weighted by atomic mass is 16.5. The lowest BCUT2D eigenvalue weighted by molar-refractivity contribution is 0.304. The van der Waals surface area contributed by atoms with Gasteiger partial charge in [-0.2, -0.15) is 0 Å². The van der Waals surface area contributed by atoms with Crippen LogP contribution in [0.5, 0.6) is 11.5 Å². The zero-order valence-corrected chi connectivity index (χ0v) is 20.8. The molecule has 0 saturated heterocycles. The Morgan fingerprint density at radius 3 is 1.89 bits per heavy atom. The van der Waals surface area contributed by atoms with E-state index in [1.165, 1.54) is 42.2 Å². The van der Waals surface area contributed by atoms with Crippen molar-refractivity contribution in [1.82, 2.24) is 0 Å². The molecular weight excluding hydrogens is 428 g/mol. The van der Waals surface area contributed by atoms with Crippen LogP contribution in [0.15, 0.2) is 84.9 Å². The SMILES string of the molecule is CCCCCCCOc1ccc(-c2ccc(C#Cc3ccc4cc(OCC)ccc4c3)cc2)cc1. The van der Waals surface area contributed by atoms with Gasteiger partial charge in [0.25, 0.3) is 0 Å². The third-order valence-corrected chi connectivity index (χ3v) is 6.06. The van der Waals surface area contributed by atoms with Crippen LogP contribution in [0.2, 0.25) is 0 Å². The van der Waals surface area contributed by atoms with Crippen molar-refractivity contribution in [3.05, 3.63) is 96.1 Å². The molecule has 0 heterocycles. The summed E-state index contributed by atoms with van der Waals surface area (Å²) in [6, 6.07) is 29.3. The minimum Gasteiger partial charge on any atom is -0.494 e. The molecule has 0 aliphatic carbocycles. The summed E-state index contributed by atoms with van der Waals surface area (Å²) < 4.78 is 11.5. The molecule has 0 radical (unpaired) electrons. The predicted octanol–water partition coefficient (Wildman–Crippen LogP) is 8.65. The summed E-state index contributed by atoms with van der Waals surface area (Å²) in [6.45, 7) is 5.71. The summed E-state index contributed by atoms with van der Waals surface area (Å²) >= 11 is 0. The number of hydrogen-bond donors (Lipinski definition) is 0. The van der Waals surface area contributed by atoms with Crippen LogP contribution in [-0.4, -0.2) is 13.2 Å². The number of fused-ring (bicyclic) bond motifs is 1. The maximum atomic E-state index is 5.89. The quantitative estimate of drug-likeness (QED) is 0.173. The minimum absolute atomic E-state index is 0.673. The molecule has 0 saturated carbocycles. The fourth-order valence-corrected chi connectivity index (χ4v) is 4.09. The summed E-state index contributed by atoms with van der Waals surface area (Å²) in [5.41, 5.74) is 4.37. The standard InChI is InChI=1S/C33H34O2/c1-3-5-6-7-8-23-35-32-20-17-29(18-21-32)28-14-11-26(12-15-28)9-10-27-13-16-31-25-33(34-4-2)22-19-30(31)24-27/h11-22,24-25H,3-8,23H2,1-2H3. The first-order valence-electron chi connectivity index (χ1n) is 12.8. The predicted molar refractivity (Wildman–Crippen MR) is 147 cm³/mol. The molecule has 0 N–H and O–H groups in total. The normalized spacial score (nSPS) is 10.6. The molecule has 0 spiro atoms. The molecule has 0 aliphatic rings. The Balaban J connectivity index is 1.35. The van der Waals surface area contributed by atoms with Crippen LogP contribution in [0, 0.1) is 11.8 Å². The van der Waals surface area contributed by atoms with Gasteiger partial charge in [-0.15, -0.1) is 0 Å². The van der Waals surface area contributed by atoms with E-state index < -0.39 is 0 Å². The van der Waals surface area contributed by atoms with Crippen LogP contribution in [0.1, 0.15) is 57.1 Å². The maximum absolute atomic E-state index is 5.89. The van der Waals surface area contributed by atoms with Gasteiger partial charge in [0.1, 0.15) is 11.5 Å². The van der Waals surface area contributed by atoms with Crippen molar-refractivity contribution in [1.29, 1.82) is 0 Å². The molecule has 0 aromatic heterocycles. The monoisotopic (exact) mass is 462 g/mol. The zero-order chi connectivity index (χ0) is 24.3. The van der Waals surface area contributed by atoms with E-state index in [0.29, 0.717) is 6.61 Å². The lowest BCUT2D eigenvalue weighted by Gasteiger charge is -2.07. The molecule has 0 amide bonds. The molecule has 4 rings (SSSR count). The molecule has 4 aromatic carbocycles. The fourth-order valence-electron chi connectivity index (χ4n) is 4.09. The highest BCUT2D eigenvalue weighted by Gasteiger charge is 2.01. The van der Waals surface area contributed by atoms with Crippen LogP contribution < -0.4 is 9.47 Å². The van der Waals surface area contributed by atoms with Crippen molar-refractivity contribution >= 4 is 10.8 Å². The lowest BCUT2D eigenvalue weighted by Crippen LogP contribution is -1.97. The molecule has 2 heteroatoms. The second-order valence-electron chi connectivity index (χ2n) is 8.77. The Labute approximate surface area is 209 Å². The van der Waals surface area contributed by atoms with Crippen LogP contribution >= 0.6 is 0 Å². The van der Waals surface area contributed by atoms with Gasteiger partial charge in [0.15, 0.2) is 0 Å². The third kappa shape index (κ3) is 7.14. The van der Waals surface area contributed by atoms with Gasteiger partial charge in [-0.05, 0) is 83.8 Å². The topological polar surface area (TPSA) is 18.5 Å². The fraction of sp³-hybridized carbons (Fsp3) is 0.273. The number of hydrogen-bond acceptors (Lipinski definition) is 2. The van der Waals surface area contributed by atoms with E-state index in [4.69, 9.17) is 9.47 Å². The number of ether oxygens (including phenoxy) is 2. The molecule has 0 bridgehead atoms. The average molecular weight is 463 g/mol. The number of rotatable bonds is 10. The van der Waals surface area contributed by atoms with Gasteiger partial charge in [-0.25, -0.2) is 0 Å². The van der Waals surface area contributed by atoms with Crippen molar-refractivity contribution < 1.29 is 9.47 Å². The van der Waals surface area contributed by atoms with E-state index in [-0.39, 0.29) is 0 Å². The van der Waals surface area contributed by atoms with Gasteiger partial charge in [-0.3, -0.25) is 0 Å². The van der Waals surface area contributed by atoms with E-state index in [0.717, 1.165) is 41.0 Å². The minimum atomic E-state index is 0.673. The summed E-state index contributed by atoms with van der Waals surface area (Å²) in [7, 11) is 0. The second kappa shape index (κ2) is 12.7. The second-order valence-corrected chi connectivity index (χ2v) is 8.77. The van der Waals surface area contributed by atoms with Gasteiger partial charge in [0.05, 0.1) is 13.2 Å². The maximum Gasteiger partial charge on any atom is 0.119 e. The molecule has 0 unspecified atom stereocenters. The molecule has 0 atom stereocenters. The van der Waals surface area contributed by atoms with Gasteiger partial charge in [0.2, 0.25) is 0 Å². The molecule has 0 fully saturated rings. The van der Waals surface area contributed by atoms with Crippen LogP contribution in [0.3, 0.4) is 0 Å². The summed E-state index contributed by atoms with van der Waals surface area (Å²) in [4.78, 5) is 0. The van der Waals surface area contributed by atoms with Crippen LogP contribution in [-0.2, 0) is 0 Å². The van der Waals surface area contributed by atoms with Crippen molar-refractivity contribution in [3.63, 3.8) is 0 Å². The Morgan fingerprint density at radius 2 is 1.14 bits per heavy atom. The van der Waals surface area contributed by atoms with Crippen molar-refractivity contribution in [2.24, 2.45) is 0 Å². The molecule has 0 aliphatic heterocycles. The summed E-state index contributed by atoms with van der Waals surface area (Å²) in [5.74, 6) is 8.43. The van der Waals surface area contributed by atoms with Crippen molar-refractivity contribution in [2.45, 2.75) is 46.0 Å². The first kappa shape index (κ1) is 24.4. The van der Waals surface area contributed by atoms with Crippen molar-refractivity contribution in [2.75, 3.05) is 13.2 Å². The molecular formula is C33H34O2. The Bertz CT molecular complexity index is 1270. The Hall–Kier alpha value is -3.70. The highest BCUT2D eigenvalue weighted by molar-refractivity contribution is 5.85. The van der Waals surface area contributed by atoms with Crippen LogP contribution in [0.25, 0.3) is 21.9 Å². The zero-order valence-electron chi connectivity index (χ0n) is 20.8. The van der Waals surface area contributed by atoms with Crippen molar-refractivity contribution in [3.8, 4) is 34.5 Å². The van der Waals surface area contributed by atoms with E-state index in [1.54, 1.807) is 0 Å². The summed E-state index contributed by atoms with van der Waals surface area (Å²) in [6.07, 6.45) is 6.27. The first-order chi connectivity index (χ1) is 17.2. The highest BCUT2D eigenvalue weighted by Crippen LogP contribution is 2.24. The largest absolute Gasteiger partial charge is 0.494 e. The molecule has 35 heavy (non-hydrogen) atoms. The molecule has 4 aromatic rings. The van der Waals surface area contributed by atoms with Gasteiger partial charge < -0.3 is 9.47 Å². The molecule has 178 valence electrons. The van der Waals surface area contributed by atoms with E-state index >= 15 is 0 Å². The van der Waals surface area contributed by atoms with E-state index in [9.17, 15) is 0 Å². The average Bonchev–Trinajstić information content (AvgIpc) is 2.90. The van der Waals surface area contributed by atoms with Gasteiger partial charge >= 0.3 is 0 Å². The van der Waals surface area contributed by atoms with Crippen LogP contribution in [0.4, 0.5) is 0 Å². The lowest BCUT2D eigenvalue weighted by atomic mass is 10.0. The van der Waals surface area contributed by atoms with E-state index in [2.05, 4.69) is 97.6 Å². The van der Waals surface area contributed by atoms with Gasteiger partial charge in [-0.1, -0.05) is 80.8 Å². The first-order valence-corrected chi connectivity index (χ1v) is 12.8.